The van der Waals surface area contributed by atoms with Gasteiger partial charge < -0.3 is 28.4 Å². The zero-order valence-electron chi connectivity index (χ0n) is 33.7. The first-order chi connectivity index (χ1) is 26.4. The van der Waals surface area contributed by atoms with Crippen LogP contribution in [0.3, 0.4) is 0 Å². The molecule has 56 heavy (non-hydrogen) atoms. The molecule has 0 aliphatic carbocycles. The fourth-order valence-electron chi connectivity index (χ4n) is 4.93. The first-order valence-electron chi connectivity index (χ1n) is 18.4. The molecule has 0 bridgehead atoms. The normalized spacial score (nSPS) is 11.2. The highest BCUT2D eigenvalue weighted by Gasteiger charge is 2.34. The maximum Gasteiger partial charge on any atom is 0.333 e. The molecular weight excluding hydrogens is 716 g/mol. The van der Waals surface area contributed by atoms with Crippen molar-refractivity contribution >= 4 is 35.7 Å². The van der Waals surface area contributed by atoms with Crippen molar-refractivity contribution in [3.05, 3.63) is 114 Å². The Hall–Kier alpha value is -5.71. The van der Waals surface area contributed by atoms with E-state index >= 15 is 0 Å². The van der Waals surface area contributed by atoms with Gasteiger partial charge in [-0.3, -0.25) is 4.79 Å². The van der Waals surface area contributed by atoms with Crippen molar-refractivity contribution < 1.29 is 52.4 Å². The highest BCUT2D eigenvalue weighted by Crippen LogP contribution is 2.31. The molecule has 0 atom stereocenters. The van der Waals surface area contributed by atoms with Crippen LogP contribution in [0.5, 0.6) is 11.5 Å². The van der Waals surface area contributed by atoms with Gasteiger partial charge in [-0.25, -0.2) is 19.2 Å². The molecule has 2 aromatic carbocycles. The minimum atomic E-state index is -0.687. The summed E-state index contributed by atoms with van der Waals surface area (Å²) in [7, 11) is 0. The van der Waals surface area contributed by atoms with Gasteiger partial charge in [0.05, 0.1) is 13.2 Å². The molecular formula is C45H56O11. The highest BCUT2D eigenvalue weighted by molar-refractivity contribution is 6.06. The number of hydrogen-bond acceptors (Lipinski definition) is 11. The Morgan fingerprint density at radius 2 is 0.857 bits per heavy atom. The minimum Gasteiger partial charge on any atom is -0.494 e. The lowest BCUT2D eigenvalue weighted by Gasteiger charge is -2.31. The maximum atomic E-state index is 12.9. The molecule has 0 spiro atoms. The van der Waals surface area contributed by atoms with Gasteiger partial charge in [0.2, 0.25) is 0 Å². The molecule has 2 aromatic rings. The molecule has 0 fully saturated rings. The molecule has 0 aliphatic rings. The zero-order valence-corrected chi connectivity index (χ0v) is 33.7. The van der Waals surface area contributed by atoms with Gasteiger partial charge in [0.1, 0.15) is 37.9 Å². The number of allylic oxidation sites excluding steroid dienone is 1. The predicted molar refractivity (Wildman–Crippen MR) is 215 cm³/mol. The van der Waals surface area contributed by atoms with Crippen molar-refractivity contribution in [1.82, 2.24) is 0 Å². The van der Waals surface area contributed by atoms with Gasteiger partial charge in [0, 0.05) is 38.7 Å². The van der Waals surface area contributed by atoms with E-state index in [2.05, 4.69) is 26.3 Å². The summed E-state index contributed by atoms with van der Waals surface area (Å²) in [5.74, 6) is -1.15. The van der Waals surface area contributed by atoms with E-state index in [-0.39, 0.29) is 67.7 Å². The zero-order chi connectivity index (χ0) is 41.9. The third kappa shape index (κ3) is 15.6. The number of carbonyl (C=O) groups excluding carboxylic acids is 5. The Labute approximate surface area is 331 Å². The van der Waals surface area contributed by atoms with Gasteiger partial charge in [0.25, 0.3) is 0 Å². The Morgan fingerprint density at radius 1 is 0.536 bits per heavy atom. The summed E-state index contributed by atoms with van der Waals surface area (Å²) >= 11 is 0. The number of esters is 4. The van der Waals surface area contributed by atoms with Gasteiger partial charge >= 0.3 is 23.9 Å². The average Bonchev–Trinajstić information content (AvgIpc) is 3.18. The lowest BCUT2D eigenvalue weighted by atomic mass is 9.83. The molecule has 11 heteroatoms. The van der Waals surface area contributed by atoms with Crippen molar-refractivity contribution in [3.8, 4) is 11.5 Å². The number of hydrogen-bond donors (Lipinski definition) is 0. The van der Waals surface area contributed by atoms with Crippen LogP contribution >= 0.6 is 0 Å². The van der Waals surface area contributed by atoms with E-state index in [1.165, 1.54) is 6.08 Å². The van der Waals surface area contributed by atoms with E-state index in [9.17, 15) is 24.0 Å². The van der Waals surface area contributed by atoms with E-state index in [1.807, 2.05) is 26.0 Å². The number of rotatable bonds is 25. The van der Waals surface area contributed by atoms with Gasteiger partial charge in [-0.05, 0) is 101 Å². The van der Waals surface area contributed by atoms with Crippen molar-refractivity contribution in [1.29, 1.82) is 0 Å². The summed E-state index contributed by atoms with van der Waals surface area (Å²) in [4.78, 5) is 61.3. The third-order valence-corrected chi connectivity index (χ3v) is 9.18. The molecule has 0 aromatic heterocycles. The maximum absolute atomic E-state index is 12.9. The Kier molecular flexibility index (Phi) is 18.8. The van der Waals surface area contributed by atoms with Crippen LogP contribution in [0.15, 0.2) is 103 Å². The molecule has 0 radical (unpaired) electrons. The second kappa shape index (κ2) is 22.6. The number of ketones is 1. The highest BCUT2D eigenvalue weighted by atomic mass is 16.6. The summed E-state index contributed by atoms with van der Waals surface area (Å²) in [5, 5.41) is 0. The quantitative estimate of drug-likeness (QED) is 0.0416. The van der Waals surface area contributed by atoms with Crippen LogP contribution in [0.25, 0.3) is 6.08 Å². The van der Waals surface area contributed by atoms with Crippen molar-refractivity contribution in [3.63, 3.8) is 0 Å². The van der Waals surface area contributed by atoms with Crippen molar-refractivity contribution in [2.75, 3.05) is 39.6 Å². The lowest BCUT2D eigenvalue weighted by Crippen LogP contribution is -2.35. The predicted octanol–water partition coefficient (Wildman–Crippen LogP) is 8.39. The Balaban J connectivity index is 1.98. The number of carbonyl (C=O) groups is 5. The molecule has 0 saturated carbocycles. The van der Waals surface area contributed by atoms with Crippen LogP contribution in [0.1, 0.15) is 83.1 Å². The molecule has 302 valence electrons. The summed E-state index contributed by atoms with van der Waals surface area (Å²) in [6.45, 7) is 25.2. The molecule has 2 rings (SSSR count). The van der Waals surface area contributed by atoms with Crippen LogP contribution < -0.4 is 9.47 Å². The van der Waals surface area contributed by atoms with Crippen LogP contribution in [-0.2, 0) is 38.1 Å². The SMILES string of the molecule is C=C(C)C(=O)OCC(CC)(CCOc1ccc(/C=C/C(=O)c2ccc(OCCC(CC)(COC(=O)C(=C)C)COC(=O)C(=C)C)cc2)cc1)COC(=O)C(=C)C. The molecule has 11 nitrogen and oxygen atoms in total. The second-order valence-corrected chi connectivity index (χ2v) is 14.1. The molecule has 0 aliphatic heterocycles. The Morgan fingerprint density at radius 3 is 1.16 bits per heavy atom. The van der Waals surface area contributed by atoms with Crippen LogP contribution in [-0.4, -0.2) is 69.3 Å². The van der Waals surface area contributed by atoms with Crippen LogP contribution in [0.2, 0.25) is 0 Å². The summed E-state index contributed by atoms with van der Waals surface area (Å²) in [6, 6.07) is 14.0. The van der Waals surface area contributed by atoms with Crippen molar-refractivity contribution in [2.45, 2.75) is 67.2 Å². The summed E-state index contributed by atoms with van der Waals surface area (Å²) < 4.78 is 33.7. The fraction of sp³-hybridized carbons (Fsp3) is 0.400. The topological polar surface area (TPSA) is 141 Å². The monoisotopic (exact) mass is 772 g/mol. The van der Waals surface area contributed by atoms with E-state index in [4.69, 9.17) is 28.4 Å². The van der Waals surface area contributed by atoms with Gasteiger partial charge in [-0.1, -0.05) is 58.4 Å². The van der Waals surface area contributed by atoms with E-state index in [0.29, 0.717) is 42.7 Å². The van der Waals surface area contributed by atoms with E-state index in [1.54, 1.807) is 70.2 Å². The number of ether oxygens (including phenoxy) is 6. The molecule has 0 N–H and O–H groups in total. The van der Waals surface area contributed by atoms with Crippen LogP contribution in [0, 0.1) is 10.8 Å². The standard InChI is InChI=1S/C45H56O11/c1-11-44(27-53-40(47)31(3)4,28-54-41(48)32(5)6)23-25-51-37-18-13-35(14-19-37)15-22-39(46)36-16-20-38(21-17-36)52-26-24-45(12-2,29-55-42(49)33(7)8)30-56-43(50)34(9)10/h13-22H,3,5,7,9,11-12,23-30H2,1-2,4,6,8,10H3/b22-15+. The second-order valence-electron chi connectivity index (χ2n) is 14.1. The molecule has 0 saturated heterocycles. The third-order valence-electron chi connectivity index (χ3n) is 9.18. The first kappa shape index (κ1) is 46.4. The fourth-order valence-corrected chi connectivity index (χ4v) is 4.93. The first-order valence-corrected chi connectivity index (χ1v) is 18.4. The van der Waals surface area contributed by atoms with Crippen LogP contribution in [0.4, 0.5) is 0 Å². The average molecular weight is 773 g/mol. The van der Waals surface area contributed by atoms with Gasteiger partial charge in [0.15, 0.2) is 5.78 Å². The summed E-state index contributed by atoms with van der Waals surface area (Å²) in [5.41, 5.74) is 0.983. The summed E-state index contributed by atoms with van der Waals surface area (Å²) in [6.07, 6.45) is 5.15. The molecule has 0 unspecified atom stereocenters. The molecule has 0 heterocycles. The number of benzene rings is 2. The smallest absolute Gasteiger partial charge is 0.333 e. The van der Waals surface area contributed by atoms with Gasteiger partial charge in [-0.15, -0.1) is 0 Å². The van der Waals surface area contributed by atoms with E-state index < -0.39 is 34.7 Å². The van der Waals surface area contributed by atoms with E-state index in [0.717, 1.165) is 5.56 Å². The largest absolute Gasteiger partial charge is 0.494 e. The lowest BCUT2D eigenvalue weighted by molar-refractivity contribution is -0.151. The minimum absolute atomic E-state index is 0.0177. The Bertz CT molecular complexity index is 1700. The van der Waals surface area contributed by atoms with Gasteiger partial charge in [-0.2, -0.15) is 0 Å². The molecule has 0 amide bonds. The van der Waals surface area contributed by atoms with Crippen molar-refractivity contribution in [2.24, 2.45) is 10.8 Å².